The fourth-order valence-electron chi connectivity index (χ4n) is 2.65. The first-order valence-corrected chi connectivity index (χ1v) is 10.0. The summed E-state index contributed by atoms with van der Waals surface area (Å²) in [5.74, 6) is -0.627. The minimum absolute atomic E-state index is 0.109. The summed E-state index contributed by atoms with van der Waals surface area (Å²) in [5, 5.41) is 3.30. The number of alkyl halides is 3. The maximum atomic E-state index is 12.6. The Morgan fingerprint density at radius 1 is 1.37 bits per heavy atom. The molecule has 2 heterocycles. The van der Waals surface area contributed by atoms with Gasteiger partial charge in [-0.3, -0.25) is 4.79 Å². The van der Waals surface area contributed by atoms with Gasteiger partial charge < -0.3 is 14.2 Å². The summed E-state index contributed by atoms with van der Waals surface area (Å²) >= 11 is 1.25. The van der Waals surface area contributed by atoms with Crippen LogP contribution in [0.2, 0.25) is 0 Å². The van der Waals surface area contributed by atoms with Crippen molar-refractivity contribution >= 4 is 37.6 Å². The molecule has 0 saturated carbocycles. The Morgan fingerprint density at radius 3 is 2.67 bits per heavy atom. The van der Waals surface area contributed by atoms with Crippen LogP contribution in [0.1, 0.15) is 18.4 Å². The number of nitrogens with one attached hydrogen (secondary N) is 1. The largest absolute Gasteiger partial charge is 0.534 e. The molecule has 0 spiro atoms. The molecule has 1 N–H and O–H groups in total. The number of nitrogens with zero attached hydrogens (tertiary/aromatic N) is 1. The normalized spacial score (nSPS) is 19.1. The molecule has 1 amide bonds. The van der Waals surface area contributed by atoms with Gasteiger partial charge in [0, 0.05) is 31.0 Å². The standard InChI is InChI=1S/C15H15F3N2O5S2/c1-7(9-3-13(21)19-6-9)24-12-5-10(25-27(22,23)15(16,17)18)4-11-14(12)26-8(2)20-11/h4-5,7,9H,3,6H2,1-2H3,(H,19,21)/t7-,9?/m1/s1. The fraction of sp³-hybridized carbons (Fsp3) is 0.467. The highest BCUT2D eigenvalue weighted by molar-refractivity contribution is 7.88. The van der Waals surface area contributed by atoms with Gasteiger partial charge >= 0.3 is 15.6 Å². The van der Waals surface area contributed by atoms with E-state index in [1.807, 2.05) is 0 Å². The Hall–Kier alpha value is -2.08. The molecule has 3 rings (SSSR count). The van der Waals surface area contributed by atoms with Crippen LogP contribution in [0.5, 0.6) is 11.5 Å². The zero-order chi connectivity index (χ0) is 20.0. The summed E-state index contributed by atoms with van der Waals surface area (Å²) in [7, 11) is -5.82. The second kappa shape index (κ2) is 6.82. The number of halogens is 3. The Labute approximate surface area is 156 Å². The van der Waals surface area contributed by atoms with E-state index in [1.54, 1.807) is 13.8 Å². The average molecular weight is 424 g/mol. The highest BCUT2D eigenvalue weighted by Gasteiger charge is 2.48. The van der Waals surface area contributed by atoms with Crippen molar-refractivity contribution in [3.63, 3.8) is 0 Å². The van der Waals surface area contributed by atoms with E-state index in [9.17, 15) is 26.4 Å². The van der Waals surface area contributed by atoms with E-state index in [1.165, 1.54) is 11.3 Å². The van der Waals surface area contributed by atoms with Crippen LogP contribution < -0.4 is 14.2 Å². The molecule has 0 radical (unpaired) electrons. The van der Waals surface area contributed by atoms with Crippen LogP contribution in [0, 0.1) is 12.8 Å². The molecule has 1 unspecified atom stereocenters. The van der Waals surface area contributed by atoms with Gasteiger partial charge in [-0.25, -0.2) is 4.98 Å². The summed E-state index contributed by atoms with van der Waals surface area (Å²) in [4.78, 5) is 15.5. The summed E-state index contributed by atoms with van der Waals surface area (Å²) < 4.78 is 71.0. The van der Waals surface area contributed by atoms with Gasteiger partial charge in [0.1, 0.15) is 17.6 Å². The van der Waals surface area contributed by atoms with E-state index in [0.29, 0.717) is 16.3 Å². The molecule has 1 aromatic heterocycles. The fourth-order valence-corrected chi connectivity index (χ4v) is 3.95. The Bertz CT molecular complexity index is 987. The summed E-state index contributed by atoms with van der Waals surface area (Å²) in [5.41, 5.74) is -5.29. The molecule has 27 heavy (non-hydrogen) atoms. The number of carbonyl (C=O) groups excluding carboxylic acids is 1. The maximum absolute atomic E-state index is 12.6. The van der Waals surface area contributed by atoms with Crippen molar-refractivity contribution in [1.29, 1.82) is 0 Å². The molecule has 2 aromatic rings. The third-order valence-corrected chi connectivity index (χ3v) is 5.99. The van der Waals surface area contributed by atoms with Crippen molar-refractivity contribution < 1.29 is 35.3 Å². The van der Waals surface area contributed by atoms with E-state index in [4.69, 9.17) is 4.74 Å². The number of fused-ring (bicyclic) bond motifs is 1. The van der Waals surface area contributed by atoms with Gasteiger partial charge in [0.05, 0.1) is 15.2 Å². The van der Waals surface area contributed by atoms with E-state index in [-0.39, 0.29) is 29.5 Å². The first-order chi connectivity index (χ1) is 12.5. The lowest BCUT2D eigenvalue weighted by Gasteiger charge is -2.20. The van der Waals surface area contributed by atoms with Gasteiger partial charge in [0.15, 0.2) is 0 Å². The number of aromatic nitrogens is 1. The number of carbonyl (C=O) groups is 1. The van der Waals surface area contributed by atoms with Gasteiger partial charge in [-0.15, -0.1) is 11.3 Å². The molecule has 12 heteroatoms. The summed E-state index contributed by atoms with van der Waals surface area (Å²) in [6.07, 6.45) is -0.172. The first kappa shape index (κ1) is 19.7. The van der Waals surface area contributed by atoms with Crippen molar-refractivity contribution in [3.05, 3.63) is 17.1 Å². The van der Waals surface area contributed by atoms with E-state index >= 15 is 0 Å². The molecule has 1 aliphatic rings. The monoisotopic (exact) mass is 424 g/mol. The number of hydrogen-bond acceptors (Lipinski definition) is 7. The molecule has 148 valence electrons. The highest BCUT2D eigenvalue weighted by Crippen LogP contribution is 2.38. The number of rotatable bonds is 5. The quantitative estimate of drug-likeness (QED) is 0.586. The molecule has 1 aliphatic heterocycles. The molecule has 2 atom stereocenters. The second-order valence-corrected chi connectivity index (χ2v) is 8.82. The topological polar surface area (TPSA) is 94.6 Å². The Morgan fingerprint density at radius 2 is 2.07 bits per heavy atom. The van der Waals surface area contributed by atoms with Gasteiger partial charge in [0.25, 0.3) is 0 Å². The smallest absolute Gasteiger partial charge is 0.489 e. The number of benzene rings is 1. The molecule has 7 nitrogen and oxygen atoms in total. The summed E-state index contributed by atoms with van der Waals surface area (Å²) in [6.45, 7) is 3.85. The molecular formula is C15H15F3N2O5S2. The molecule has 0 aliphatic carbocycles. The van der Waals surface area contributed by atoms with Gasteiger partial charge in [-0.05, 0) is 13.8 Å². The summed E-state index contributed by atoms with van der Waals surface area (Å²) in [6, 6.07) is 2.20. The van der Waals surface area contributed by atoms with Gasteiger partial charge in [-0.1, -0.05) is 0 Å². The van der Waals surface area contributed by atoms with Crippen LogP contribution in [-0.2, 0) is 14.9 Å². The van der Waals surface area contributed by atoms with Crippen LogP contribution in [0.3, 0.4) is 0 Å². The Balaban J connectivity index is 1.95. The molecule has 1 aromatic carbocycles. The predicted octanol–water partition coefficient (Wildman–Crippen LogP) is 2.74. The van der Waals surface area contributed by atoms with Crippen molar-refractivity contribution in [3.8, 4) is 11.5 Å². The lowest BCUT2D eigenvalue weighted by molar-refractivity contribution is -0.119. The molecule has 1 saturated heterocycles. The van der Waals surface area contributed by atoms with Gasteiger partial charge in [-0.2, -0.15) is 21.6 Å². The van der Waals surface area contributed by atoms with Crippen LogP contribution in [0.4, 0.5) is 13.2 Å². The zero-order valence-corrected chi connectivity index (χ0v) is 15.8. The van der Waals surface area contributed by atoms with Crippen LogP contribution >= 0.6 is 11.3 Å². The van der Waals surface area contributed by atoms with Gasteiger partial charge in [0.2, 0.25) is 5.91 Å². The first-order valence-electron chi connectivity index (χ1n) is 7.81. The average Bonchev–Trinajstić information content (AvgIpc) is 3.11. The van der Waals surface area contributed by atoms with Crippen molar-refractivity contribution in [2.45, 2.75) is 31.9 Å². The Kier molecular flexibility index (Phi) is 4.97. The van der Waals surface area contributed by atoms with Crippen LogP contribution in [0.15, 0.2) is 12.1 Å². The third-order valence-electron chi connectivity index (χ3n) is 4.01. The predicted molar refractivity (Wildman–Crippen MR) is 91.2 cm³/mol. The van der Waals surface area contributed by atoms with E-state index in [0.717, 1.165) is 12.1 Å². The van der Waals surface area contributed by atoms with Crippen LogP contribution in [0.25, 0.3) is 10.2 Å². The van der Waals surface area contributed by atoms with Crippen molar-refractivity contribution in [2.24, 2.45) is 5.92 Å². The number of hydrogen-bond donors (Lipinski definition) is 1. The highest BCUT2D eigenvalue weighted by atomic mass is 32.2. The number of ether oxygens (including phenoxy) is 1. The maximum Gasteiger partial charge on any atom is 0.534 e. The lowest BCUT2D eigenvalue weighted by atomic mass is 10.0. The molecule has 0 bridgehead atoms. The van der Waals surface area contributed by atoms with E-state index in [2.05, 4.69) is 14.5 Å². The second-order valence-electron chi connectivity index (χ2n) is 6.08. The molecular weight excluding hydrogens is 409 g/mol. The number of aryl methyl sites for hydroxylation is 1. The third kappa shape index (κ3) is 4.10. The van der Waals surface area contributed by atoms with E-state index < -0.39 is 27.5 Å². The lowest BCUT2D eigenvalue weighted by Crippen LogP contribution is -2.28. The minimum Gasteiger partial charge on any atom is -0.489 e. The minimum atomic E-state index is -5.82. The van der Waals surface area contributed by atoms with Crippen LogP contribution in [-0.4, -0.2) is 37.5 Å². The van der Waals surface area contributed by atoms with Crippen molar-refractivity contribution in [1.82, 2.24) is 10.3 Å². The van der Waals surface area contributed by atoms with Crippen molar-refractivity contribution in [2.75, 3.05) is 6.54 Å². The SMILES string of the molecule is Cc1nc2cc(OS(=O)(=O)C(F)(F)F)cc(O[C@H](C)C3CNC(=O)C3)c2s1. The number of thiazole rings is 1. The number of amides is 1. The molecule has 1 fully saturated rings. The zero-order valence-electron chi connectivity index (χ0n) is 14.2.